The standard InChI is InChI=1S/C25H26N6O/c1-14(2)20-13-21(30-25(26)29-20)24(32)31-12-11-17-16-8-4-5-9-18(16)28-22(17)23(31)19-10-6-7-15(3)27-19/h4-10,13-14,23,28H,11-12H2,1-3H3,(H2,26,29,30)/t23-/m0/s1. The minimum atomic E-state index is -0.336. The number of aromatic amines is 1. The molecule has 0 spiro atoms. The highest BCUT2D eigenvalue weighted by Crippen LogP contribution is 2.38. The lowest BCUT2D eigenvalue weighted by molar-refractivity contribution is 0.0682. The number of carbonyl (C=O) groups is 1. The molecule has 0 bridgehead atoms. The molecule has 1 aromatic carbocycles. The predicted molar refractivity (Wildman–Crippen MR) is 124 cm³/mol. The van der Waals surface area contributed by atoms with E-state index in [1.165, 1.54) is 10.9 Å². The number of para-hydroxylation sites is 1. The van der Waals surface area contributed by atoms with Gasteiger partial charge in [-0.1, -0.05) is 38.1 Å². The van der Waals surface area contributed by atoms with Crippen LogP contribution in [0.25, 0.3) is 10.9 Å². The summed E-state index contributed by atoms with van der Waals surface area (Å²) in [4.78, 5) is 32.5. The minimum absolute atomic E-state index is 0.119. The molecule has 0 aliphatic carbocycles. The minimum Gasteiger partial charge on any atom is -0.368 e. The zero-order valence-corrected chi connectivity index (χ0v) is 18.5. The summed E-state index contributed by atoms with van der Waals surface area (Å²) in [5.74, 6) is 0.0921. The van der Waals surface area contributed by atoms with Gasteiger partial charge in [-0.3, -0.25) is 9.78 Å². The molecule has 0 fully saturated rings. The van der Waals surface area contributed by atoms with Gasteiger partial charge in [-0.25, -0.2) is 9.97 Å². The van der Waals surface area contributed by atoms with Crippen LogP contribution in [0.1, 0.15) is 64.6 Å². The molecule has 4 heterocycles. The molecular weight excluding hydrogens is 400 g/mol. The van der Waals surface area contributed by atoms with Crippen molar-refractivity contribution in [3.05, 3.63) is 82.6 Å². The van der Waals surface area contributed by atoms with Crippen molar-refractivity contribution in [3.63, 3.8) is 0 Å². The van der Waals surface area contributed by atoms with Gasteiger partial charge in [0.05, 0.1) is 5.69 Å². The van der Waals surface area contributed by atoms with Crippen molar-refractivity contribution in [2.24, 2.45) is 0 Å². The second-order valence-corrected chi connectivity index (χ2v) is 8.61. The van der Waals surface area contributed by atoms with Crippen molar-refractivity contribution in [2.45, 2.75) is 39.2 Å². The normalized spacial score (nSPS) is 15.9. The number of hydrogen-bond acceptors (Lipinski definition) is 5. The average Bonchev–Trinajstić information content (AvgIpc) is 3.16. The number of aryl methyl sites for hydroxylation is 1. The topological polar surface area (TPSA) is 101 Å². The number of nitrogen functional groups attached to an aromatic ring is 1. The van der Waals surface area contributed by atoms with Gasteiger partial charge in [0.25, 0.3) is 5.91 Å². The summed E-state index contributed by atoms with van der Waals surface area (Å²) in [5, 5.41) is 1.20. The highest BCUT2D eigenvalue weighted by molar-refractivity contribution is 5.94. The Labute approximate surface area is 186 Å². The average molecular weight is 427 g/mol. The highest BCUT2D eigenvalue weighted by Gasteiger charge is 2.36. The quantitative estimate of drug-likeness (QED) is 0.512. The van der Waals surface area contributed by atoms with Crippen LogP contribution in [-0.2, 0) is 6.42 Å². The van der Waals surface area contributed by atoms with Crippen LogP contribution in [0.3, 0.4) is 0 Å². The number of nitrogens with one attached hydrogen (secondary N) is 1. The van der Waals surface area contributed by atoms with Crippen LogP contribution in [0.2, 0.25) is 0 Å². The first-order valence-electron chi connectivity index (χ1n) is 10.9. The fraction of sp³-hybridized carbons (Fsp3) is 0.280. The van der Waals surface area contributed by atoms with E-state index in [1.54, 1.807) is 6.07 Å². The molecule has 32 heavy (non-hydrogen) atoms. The molecule has 4 aromatic rings. The SMILES string of the molecule is Cc1cccc([C@H]2c3[nH]c4ccccc4c3CCN2C(=O)c2cc(C(C)C)nc(N)n2)n1. The summed E-state index contributed by atoms with van der Waals surface area (Å²) in [6.45, 7) is 6.57. The summed E-state index contributed by atoms with van der Waals surface area (Å²) in [6.07, 6.45) is 0.755. The van der Waals surface area contributed by atoms with Gasteiger partial charge in [-0.2, -0.15) is 0 Å². The maximum atomic E-state index is 13.8. The summed E-state index contributed by atoms with van der Waals surface area (Å²) in [7, 11) is 0. The lowest BCUT2D eigenvalue weighted by Gasteiger charge is -2.35. The van der Waals surface area contributed by atoms with Gasteiger partial charge in [-0.15, -0.1) is 0 Å². The maximum Gasteiger partial charge on any atom is 0.273 e. The van der Waals surface area contributed by atoms with Crippen molar-refractivity contribution in [3.8, 4) is 0 Å². The molecule has 0 saturated carbocycles. The molecule has 3 N–H and O–H groups in total. The Morgan fingerprint density at radius 2 is 1.94 bits per heavy atom. The summed E-state index contributed by atoms with van der Waals surface area (Å²) < 4.78 is 0. The smallest absolute Gasteiger partial charge is 0.273 e. The van der Waals surface area contributed by atoms with Crippen molar-refractivity contribution in [1.82, 2.24) is 24.8 Å². The van der Waals surface area contributed by atoms with Crippen LogP contribution in [0.5, 0.6) is 0 Å². The number of fused-ring (bicyclic) bond motifs is 3. The number of H-pyrrole nitrogens is 1. The van der Waals surface area contributed by atoms with E-state index in [9.17, 15) is 4.79 Å². The Morgan fingerprint density at radius 1 is 1.12 bits per heavy atom. The Morgan fingerprint density at radius 3 is 2.72 bits per heavy atom. The molecule has 0 radical (unpaired) electrons. The second-order valence-electron chi connectivity index (χ2n) is 8.61. The number of pyridine rings is 1. The number of hydrogen-bond donors (Lipinski definition) is 2. The van der Waals surface area contributed by atoms with Crippen LogP contribution in [0.15, 0.2) is 48.5 Å². The lowest BCUT2D eigenvalue weighted by atomic mass is 9.94. The molecule has 7 nitrogen and oxygen atoms in total. The van der Waals surface area contributed by atoms with Crippen LogP contribution in [0.4, 0.5) is 5.95 Å². The molecule has 1 amide bonds. The van der Waals surface area contributed by atoms with Crippen LogP contribution in [-0.4, -0.2) is 37.3 Å². The molecule has 1 aliphatic rings. The van der Waals surface area contributed by atoms with Gasteiger partial charge < -0.3 is 15.6 Å². The zero-order chi connectivity index (χ0) is 22.4. The molecule has 162 valence electrons. The van der Waals surface area contributed by atoms with Gasteiger partial charge in [-0.05, 0) is 49.1 Å². The van der Waals surface area contributed by atoms with Gasteiger partial charge in [0.2, 0.25) is 5.95 Å². The molecule has 3 aromatic heterocycles. The van der Waals surface area contributed by atoms with E-state index in [4.69, 9.17) is 10.7 Å². The number of anilines is 1. The van der Waals surface area contributed by atoms with E-state index >= 15 is 0 Å². The molecule has 0 saturated heterocycles. The van der Waals surface area contributed by atoms with Gasteiger partial charge in [0, 0.05) is 34.5 Å². The van der Waals surface area contributed by atoms with E-state index in [2.05, 4.69) is 27.1 Å². The molecule has 7 heteroatoms. The lowest BCUT2D eigenvalue weighted by Crippen LogP contribution is -2.41. The summed E-state index contributed by atoms with van der Waals surface area (Å²) in [5.41, 5.74) is 12.1. The van der Waals surface area contributed by atoms with E-state index < -0.39 is 0 Å². The Balaban J connectivity index is 1.65. The van der Waals surface area contributed by atoms with E-state index in [-0.39, 0.29) is 23.8 Å². The fourth-order valence-corrected chi connectivity index (χ4v) is 4.52. The second kappa shape index (κ2) is 7.75. The number of benzene rings is 1. The first kappa shape index (κ1) is 20.2. The van der Waals surface area contributed by atoms with Crippen LogP contribution >= 0.6 is 0 Å². The molecule has 1 atom stereocenters. The van der Waals surface area contributed by atoms with Gasteiger partial charge in [0.1, 0.15) is 11.7 Å². The van der Waals surface area contributed by atoms with Gasteiger partial charge >= 0.3 is 0 Å². The Kier molecular flexibility index (Phi) is 4.89. The monoisotopic (exact) mass is 426 g/mol. The largest absolute Gasteiger partial charge is 0.368 e. The number of nitrogens with zero attached hydrogens (tertiary/aromatic N) is 4. The predicted octanol–water partition coefficient (Wildman–Crippen LogP) is 4.15. The summed E-state index contributed by atoms with van der Waals surface area (Å²) in [6, 6.07) is 15.6. The highest BCUT2D eigenvalue weighted by atomic mass is 16.2. The zero-order valence-electron chi connectivity index (χ0n) is 18.5. The Hall–Kier alpha value is -3.74. The summed E-state index contributed by atoms with van der Waals surface area (Å²) >= 11 is 0. The maximum absolute atomic E-state index is 13.8. The van der Waals surface area contributed by atoms with Crippen molar-refractivity contribution in [1.29, 1.82) is 0 Å². The van der Waals surface area contributed by atoms with Crippen LogP contribution in [0, 0.1) is 6.92 Å². The van der Waals surface area contributed by atoms with E-state index in [0.29, 0.717) is 12.2 Å². The molecule has 1 aliphatic heterocycles. The number of nitrogens with two attached hydrogens (primary N) is 1. The van der Waals surface area contributed by atoms with E-state index in [1.807, 2.05) is 56.0 Å². The number of amides is 1. The van der Waals surface area contributed by atoms with Crippen molar-refractivity contribution < 1.29 is 4.79 Å². The fourth-order valence-electron chi connectivity index (χ4n) is 4.52. The van der Waals surface area contributed by atoms with Gasteiger partial charge in [0.15, 0.2) is 0 Å². The first-order valence-corrected chi connectivity index (χ1v) is 10.9. The van der Waals surface area contributed by atoms with E-state index in [0.717, 1.165) is 34.7 Å². The molecule has 0 unspecified atom stereocenters. The van der Waals surface area contributed by atoms with Crippen LogP contribution < -0.4 is 5.73 Å². The van der Waals surface area contributed by atoms with Crippen molar-refractivity contribution >= 4 is 22.8 Å². The molecule has 5 rings (SSSR count). The van der Waals surface area contributed by atoms with Crippen molar-refractivity contribution in [2.75, 3.05) is 12.3 Å². The number of carbonyl (C=O) groups excluding carboxylic acids is 1. The Bertz CT molecular complexity index is 1330. The third kappa shape index (κ3) is 3.39. The number of aromatic nitrogens is 4. The first-order chi connectivity index (χ1) is 15.4. The third-order valence-electron chi connectivity index (χ3n) is 6.06. The number of rotatable bonds is 3. The molecular formula is C25H26N6O. The third-order valence-corrected chi connectivity index (χ3v) is 6.06.